The van der Waals surface area contributed by atoms with E-state index < -0.39 is 5.91 Å². The van der Waals surface area contributed by atoms with Crippen molar-refractivity contribution in [3.63, 3.8) is 0 Å². The quantitative estimate of drug-likeness (QED) is 0.393. The topological polar surface area (TPSA) is 106 Å². The van der Waals surface area contributed by atoms with E-state index in [9.17, 15) is 4.79 Å². The van der Waals surface area contributed by atoms with Gasteiger partial charge in [-0.05, 0) is 12.1 Å². The molecule has 6 nitrogen and oxygen atoms in total. The zero-order valence-corrected chi connectivity index (χ0v) is 8.99. The SMILES string of the molecule is NC(N)=NNC(=O)c1nc2ccccc2s1. The highest BCUT2D eigenvalue weighted by molar-refractivity contribution is 7.20. The van der Waals surface area contributed by atoms with Crippen LogP contribution < -0.4 is 16.9 Å². The number of nitrogens with one attached hydrogen (secondary N) is 1. The maximum Gasteiger partial charge on any atom is 0.300 e. The monoisotopic (exact) mass is 235 g/mol. The van der Waals surface area contributed by atoms with Crippen LogP contribution in [-0.4, -0.2) is 16.9 Å². The average molecular weight is 235 g/mol. The number of thiazole rings is 1. The molecular weight excluding hydrogens is 226 g/mol. The van der Waals surface area contributed by atoms with E-state index in [1.165, 1.54) is 11.3 Å². The fourth-order valence-electron chi connectivity index (χ4n) is 1.13. The summed E-state index contributed by atoms with van der Waals surface area (Å²) in [5.41, 5.74) is 13.2. The Kier molecular flexibility index (Phi) is 2.69. The van der Waals surface area contributed by atoms with Gasteiger partial charge in [-0.2, -0.15) is 0 Å². The van der Waals surface area contributed by atoms with E-state index in [0.29, 0.717) is 5.01 Å². The number of hydrogen-bond donors (Lipinski definition) is 3. The largest absolute Gasteiger partial charge is 0.369 e. The number of carbonyl (C=O) groups is 1. The van der Waals surface area contributed by atoms with E-state index in [1.807, 2.05) is 24.3 Å². The van der Waals surface area contributed by atoms with Gasteiger partial charge in [0.1, 0.15) is 0 Å². The van der Waals surface area contributed by atoms with E-state index in [2.05, 4.69) is 15.5 Å². The van der Waals surface area contributed by atoms with Crippen molar-refractivity contribution in [3.8, 4) is 0 Å². The Morgan fingerprint density at radius 3 is 2.81 bits per heavy atom. The van der Waals surface area contributed by atoms with Gasteiger partial charge in [0, 0.05) is 0 Å². The molecule has 0 radical (unpaired) electrons. The third kappa shape index (κ3) is 2.09. The van der Waals surface area contributed by atoms with Crippen LogP contribution in [0.15, 0.2) is 29.4 Å². The number of para-hydroxylation sites is 1. The molecule has 0 aliphatic heterocycles. The zero-order valence-electron chi connectivity index (χ0n) is 8.18. The Hall–Kier alpha value is -2.15. The predicted molar refractivity (Wildman–Crippen MR) is 62.9 cm³/mol. The molecule has 1 amide bonds. The van der Waals surface area contributed by atoms with Crippen LogP contribution in [0.3, 0.4) is 0 Å². The van der Waals surface area contributed by atoms with Crippen LogP contribution in [0.2, 0.25) is 0 Å². The molecule has 0 saturated carbocycles. The first-order valence-electron chi connectivity index (χ1n) is 4.41. The molecule has 82 valence electrons. The molecule has 1 aromatic carbocycles. The van der Waals surface area contributed by atoms with Crippen molar-refractivity contribution in [1.82, 2.24) is 10.4 Å². The van der Waals surface area contributed by atoms with Gasteiger partial charge in [-0.3, -0.25) is 4.79 Å². The summed E-state index contributed by atoms with van der Waals surface area (Å²) in [6, 6.07) is 7.48. The molecule has 0 atom stereocenters. The molecule has 2 aromatic rings. The number of amides is 1. The first kappa shape index (κ1) is 10.4. The maximum atomic E-state index is 11.5. The van der Waals surface area contributed by atoms with E-state index in [1.54, 1.807) is 0 Å². The number of nitrogens with zero attached hydrogens (tertiary/aromatic N) is 2. The number of nitrogens with two attached hydrogens (primary N) is 2. The second kappa shape index (κ2) is 4.15. The van der Waals surface area contributed by atoms with Gasteiger partial charge in [-0.15, -0.1) is 16.4 Å². The molecule has 0 fully saturated rings. The van der Waals surface area contributed by atoms with Gasteiger partial charge in [0.05, 0.1) is 10.2 Å². The van der Waals surface area contributed by atoms with Crippen molar-refractivity contribution >= 4 is 33.4 Å². The standard InChI is InChI=1S/C9H9N5OS/c10-9(11)14-13-7(15)8-12-5-3-1-2-4-6(5)16-8/h1-4H,(H,13,15)(H4,10,11,14). The molecule has 2 rings (SSSR count). The highest BCUT2D eigenvalue weighted by atomic mass is 32.1. The molecule has 16 heavy (non-hydrogen) atoms. The minimum absolute atomic E-state index is 0.200. The fourth-order valence-corrected chi connectivity index (χ4v) is 1.99. The van der Waals surface area contributed by atoms with Gasteiger partial charge in [0.25, 0.3) is 5.91 Å². The van der Waals surface area contributed by atoms with Crippen molar-refractivity contribution in [2.75, 3.05) is 0 Å². The second-order valence-corrected chi connectivity index (χ2v) is 3.99. The van der Waals surface area contributed by atoms with Gasteiger partial charge in [-0.1, -0.05) is 12.1 Å². The lowest BCUT2D eigenvalue weighted by Crippen LogP contribution is -2.28. The molecule has 0 aliphatic rings. The van der Waals surface area contributed by atoms with E-state index in [0.717, 1.165) is 10.2 Å². The molecular formula is C9H9N5OS. The highest BCUT2D eigenvalue weighted by Crippen LogP contribution is 2.21. The summed E-state index contributed by atoms with van der Waals surface area (Å²) in [5.74, 6) is -0.621. The van der Waals surface area contributed by atoms with Crippen LogP contribution in [0.5, 0.6) is 0 Å². The summed E-state index contributed by atoms with van der Waals surface area (Å²) in [6.07, 6.45) is 0. The molecule has 1 aromatic heterocycles. The number of hydrazone groups is 1. The number of rotatable bonds is 2. The summed E-state index contributed by atoms with van der Waals surface area (Å²) in [5, 5.41) is 3.74. The molecule has 5 N–H and O–H groups in total. The average Bonchev–Trinajstić information content (AvgIpc) is 2.69. The lowest BCUT2D eigenvalue weighted by atomic mass is 10.3. The number of benzene rings is 1. The molecule has 0 unspecified atom stereocenters. The number of hydrogen-bond acceptors (Lipinski definition) is 4. The van der Waals surface area contributed by atoms with Gasteiger partial charge in [0.15, 0.2) is 5.01 Å². The second-order valence-electron chi connectivity index (χ2n) is 2.96. The molecule has 1 heterocycles. The molecule has 7 heteroatoms. The van der Waals surface area contributed by atoms with Crippen molar-refractivity contribution in [1.29, 1.82) is 0 Å². The third-order valence-corrected chi connectivity index (χ3v) is 2.81. The summed E-state index contributed by atoms with van der Waals surface area (Å²) in [6.45, 7) is 0. The lowest BCUT2D eigenvalue weighted by molar-refractivity contribution is 0.0954. The number of carbonyl (C=O) groups excluding carboxylic acids is 1. The Labute approximate surface area is 95.0 Å². The van der Waals surface area contributed by atoms with Crippen LogP contribution in [-0.2, 0) is 0 Å². The van der Waals surface area contributed by atoms with Gasteiger partial charge >= 0.3 is 0 Å². The lowest BCUT2D eigenvalue weighted by Gasteiger charge is -1.94. The Bertz CT molecular complexity index is 525. The minimum Gasteiger partial charge on any atom is -0.369 e. The van der Waals surface area contributed by atoms with Crippen molar-refractivity contribution in [2.24, 2.45) is 16.6 Å². The predicted octanol–water partition coefficient (Wildman–Crippen LogP) is 0.215. The zero-order chi connectivity index (χ0) is 11.5. The first-order valence-corrected chi connectivity index (χ1v) is 5.23. The van der Waals surface area contributed by atoms with Crippen LogP contribution in [0.1, 0.15) is 9.80 Å². The third-order valence-electron chi connectivity index (χ3n) is 1.77. The highest BCUT2D eigenvalue weighted by Gasteiger charge is 2.10. The van der Waals surface area contributed by atoms with Crippen molar-refractivity contribution in [2.45, 2.75) is 0 Å². The van der Waals surface area contributed by atoms with E-state index >= 15 is 0 Å². The normalized spacial score (nSPS) is 10.0. The van der Waals surface area contributed by atoms with Crippen molar-refractivity contribution < 1.29 is 4.79 Å². The van der Waals surface area contributed by atoms with Crippen LogP contribution in [0.25, 0.3) is 10.2 Å². The fraction of sp³-hybridized carbons (Fsp3) is 0. The minimum atomic E-state index is -0.422. The molecule has 0 spiro atoms. The molecule has 0 bridgehead atoms. The Morgan fingerprint density at radius 2 is 2.12 bits per heavy atom. The van der Waals surface area contributed by atoms with Gasteiger partial charge in [0.2, 0.25) is 5.96 Å². The first-order chi connectivity index (χ1) is 7.66. The number of aromatic nitrogens is 1. The number of fused-ring (bicyclic) bond motifs is 1. The smallest absolute Gasteiger partial charge is 0.300 e. The van der Waals surface area contributed by atoms with Crippen LogP contribution >= 0.6 is 11.3 Å². The molecule has 0 aliphatic carbocycles. The van der Waals surface area contributed by atoms with Crippen LogP contribution in [0, 0.1) is 0 Å². The van der Waals surface area contributed by atoms with Crippen molar-refractivity contribution in [3.05, 3.63) is 29.3 Å². The Balaban J connectivity index is 2.27. The summed E-state index contributed by atoms with van der Waals surface area (Å²) in [7, 11) is 0. The summed E-state index contributed by atoms with van der Waals surface area (Å²) < 4.78 is 0.942. The van der Waals surface area contributed by atoms with Gasteiger partial charge < -0.3 is 11.5 Å². The Morgan fingerprint density at radius 1 is 1.38 bits per heavy atom. The maximum absolute atomic E-state index is 11.5. The van der Waals surface area contributed by atoms with E-state index in [-0.39, 0.29) is 5.96 Å². The van der Waals surface area contributed by atoms with Gasteiger partial charge in [-0.25, -0.2) is 10.4 Å². The number of guanidine groups is 1. The molecule has 0 saturated heterocycles. The van der Waals surface area contributed by atoms with E-state index in [4.69, 9.17) is 11.5 Å². The van der Waals surface area contributed by atoms with Crippen LogP contribution in [0.4, 0.5) is 0 Å². The summed E-state index contributed by atoms with van der Waals surface area (Å²) in [4.78, 5) is 15.7. The summed E-state index contributed by atoms with van der Waals surface area (Å²) >= 11 is 1.28.